The van der Waals surface area contributed by atoms with Crippen molar-refractivity contribution in [2.24, 2.45) is 4.99 Å². The van der Waals surface area contributed by atoms with E-state index in [4.69, 9.17) is 9.47 Å². The summed E-state index contributed by atoms with van der Waals surface area (Å²) in [5.74, 6) is 0.590. The lowest BCUT2D eigenvalue weighted by molar-refractivity contribution is -0.554. The second kappa shape index (κ2) is 8.15. The Morgan fingerprint density at radius 2 is 2.07 bits per heavy atom. The number of hydrogen-bond acceptors (Lipinski definition) is 5. The number of hydrogen-bond donors (Lipinski definition) is 1. The number of carbonyl (C=O) groups is 2. The summed E-state index contributed by atoms with van der Waals surface area (Å²) in [7, 11) is 3.05. The fraction of sp³-hybridized carbons (Fsp3) is 0.647. The van der Waals surface area contributed by atoms with Crippen molar-refractivity contribution in [3.8, 4) is 0 Å². The van der Waals surface area contributed by atoms with Gasteiger partial charge in [-0.15, -0.1) is 6.58 Å². The number of carbonyl (C=O) groups excluding carboxylic acids is 2. The number of amides is 3. The molecule has 2 saturated heterocycles. The van der Waals surface area contributed by atoms with Crippen molar-refractivity contribution in [1.29, 1.82) is 0 Å². The summed E-state index contributed by atoms with van der Waals surface area (Å²) in [4.78, 5) is 33.9. The Bertz CT molecular complexity index is 683. The predicted molar refractivity (Wildman–Crippen MR) is 96.7 cm³/mol. The predicted octanol–water partition coefficient (Wildman–Crippen LogP) is -1.44. The van der Waals surface area contributed by atoms with Gasteiger partial charge in [0.05, 0.1) is 46.1 Å². The summed E-state index contributed by atoms with van der Waals surface area (Å²) in [6, 6.07) is -1.17. The van der Waals surface area contributed by atoms with Gasteiger partial charge in [0, 0.05) is 14.1 Å². The van der Waals surface area contributed by atoms with Gasteiger partial charge < -0.3 is 14.6 Å². The van der Waals surface area contributed by atoms with Crippen LogP contribution in [-0.4, -0.2) is 120 Å². The zero-order chi connectivity index (χ0) is 19.6. The van der Waals surface area contributed by atoms with Crippen LogP contribution in [-0.2, 0) is 14.3 Å². The van der Waals surface area contributed by atoms with E-state index in [2.05, 4.69) is 11.6 Å². The number of aliphatic imine (C=N–C) groups is 1. The third-order valence-electron chi connectivity index (χ3n) is 4.76. The van der Waals surface area contributed by atoms with Crippen LogP contribution in [0.4, 0.5) is 4.79 Å². The van der Waals surface area contributed by atoms with E-state index < -0.39 is 18.2 Å². The van der Waals surface area contributed by atoms with Gasteiger partial charge in [0.25, 0.3) is 5.91 Å². The highest BCUT2D eigenvalue weighted by molar-refractivity contribution is 6.25. The van der Waals surface area contributed by atoms with Crippen LogP contribution in [0.15, 0.2) is 17.6 Å². The van der Waals surface area contributed by atoms with Crippen LogP contribution < -0.4 is 0 Å². The molecular formula is C17H26N5O5+. The summed E-state index contributed by atoms with van der Waals surface area (Å²) in [6.07, 6.45) is 0.784. The number of aliphatic hydroxyl groups excluding tert-OH is 1. The van der Waals surface area contributed by atoms with Crippen LogP contribution in [0.1, 0.15) is 0 Å². The number of aliphatic hydroxyl groups is 1. The van der Waals surface area contributed by atoms with Gasteiger partial charge in [0.15, 0.2) is 0 Å². The molecule has 2 unspecified atom stereocenters. The maximum absolute atomic E-state index is 12.8. The van der Waals surface area contributed by atoms with Crippen molar-refractivity contribution < 1.29 is 28.7 Å². The Morgan fingerprint density at radius 1 is 1.37 bits per heavy atom. The zero-order valence-electron chi connectivity index (χ0n) is 15.7. The van der Waals surface area contributed by atoms with E-state index in [0.29, 0.717) is 44.7 Å². The highest BCUT2D eigenvalue weighted by atomic mass is 16.5. The van der Waals surface area contributed by atoms with Crippen LogP contribution in [0, 0.1) is 0 Å². The SMILES string of the molecule is C=CCOCC(O)CN1C(=[N+]2CCOCC2)N=C2C1C(=O)N(C)C(=O)N2C. The van der Waals surface area contributed by atoms with E-state index in [1.54, 1.807) is 18.0 Å². The molecular weight excluding hydrogens is 354 g/mol. The van der Waals surface area contributed by atoms with Gasteiger partial charge in [-0.2, -0.15) is 0 Å². The lowest BCUT2D eigenvalue weighted by Gasteiger charge is -2.33. The molecule has 3 aliphatic rings. The summed E-state index contributed by atoms with van der Waals surface area (Å²) < 4.78 is 12.7. The molecule has 27 heavy (non-hydrogen) atoms. The minimum atomic E-state index is -0.823. The van der Waals surface area contributed by atoms with Crippen LogP contribution in [0.3, 0.4) is 0 Å². The Labute approximate surface area is 157 Å². The van der Waals surface area contributed by atoms with Gasteiger partial charge >= 0.3 is 12.0 Å². The largest absolute Gasteiger partial charge is 0.392 e. The molecule has 3 heterocycles. The van der Waals surface area contributed by atoms with Crippen molar-refractivity contribution in [1.82, 2.24) is 14.7 Å². The molecule has 3 amide bonds. The average molecular weight is 380 g/mol. The first-order valence-electron chi connectivity index (χ1n) is 8.92. The third-order valence-corrected chi connectivity index (χ3v) is 4.76. The number of guanidine groups is 1. The van der Waals surface area contributed by atoms with Crippen LogP contribution in [0.25, 0.3) is 0 Å². The number of β-amino-alcohol motifs (C(OH)–C–C–N with tert-alkyl or cyclic N) is 1. The molecule has 2 atom stereocenters. The quantitative estimate of drug-likeness (QED) is 0.344. The highest BCUT2D eigenvalue weighted by Crippen LogP contribution is 2.23. The van der Waals surface area contributed by atoms with Gasteiger partial charge in [0.1, 0.15) is 6.10 Å². The van der Waals surface area contributed by atoms with E-state index in [1.807, 2.05) is 4.58 Å². The molecule has 0 radical (unpaired) electrons. The lowest BCUT2D eigenvalue weighted by atomic mass is 10.1. The van der Waals surface area contributed by atoms with Crippen molar-refractivity contribution >= 4 is 23.7 Å². The van der Waals surface area contributed by atoms with Gasteiger partial charge in [-0.3, -0.25) is 19.2 Å². The number of nitrogens with zero attached hydrogens (tertiary/aromatic N) is 5. The molecule has 0 aromatic heterocycles. The van der Waals surface area contributed by atoms with Crippen LogP contribution in [0.2, 0.25) is 0 Å². The maximum atomic E-state index is 12.8. The number of morpholine rings is 1. The molecule has 0 aromatic carbocycles. The molecule has 0 bridgehead atoms. The summed E-state index contributed by atoms with van der Waals surface area (Å²) >= 11 is 0. The minimum absolute atomic E-state index is 0.111. The smallest absolute Gasteiger partial charge is 0.387 e. The van der Waals surface area contributed by atoms with E-state index >= 15 is 0 Å². The first kappa shape index (κ1) is 19.5. The molecule has 3 aliphatic heterocycles. The standard InChI is InChI=1S/C17H26N5O5/c1-4-7-27-11-12(23)10-22-13-14(19(2)17(25)20(3)15(13)24)18-16(22)21-5-8-26-9-6-21/h4,12-13,23H,1,5-11H2,2-3H3/q+1. The summed E-state index contributed by atoms with van der Waals surface area (Å²) in [5, 5.41) is 10.4. The van der Waals surface area contributed by atoms with Crippen LogP contribution >= 0.6 is 0 Å². The number of likely N-dealkylation sites (N-methyl/N-ethyl adjacent to an activating group) is 2. The van der Waals surface area contributed by atoms with Crippen molar-refractivity contribution in [2.45, 2.75) is 12.1 Å². The Hall–Kier alpha value is -2.30. The monoisotopic (exact) mass is 380 g/mol. The van der Waals surface area contributed by atoms with Gasteiger partial charge in [0.2, 0.25) is 11.9 Å². The highest BCUT2D eigenvalue weighted by Gasteiger charge is 2.55. The van der Waals surface area contributed by atoms with Gasteiger partial charge in [-0.1, -0.05) is 11.1 Å². The lowest BCUT2D eigenvalue weighted by Crippen LogP contribution is -2.63. The third kappa shape index (κ3) is 3.73. The van der Waals surface area contributed by atoms with Crippen molar-refractivity contribution in [3.63, 3.8) is 0 Å². The fourth-order valence-corrected chi connectivity index (χ4v) is 3.36. The van der Waals surface area contributed by atoms with Gasteiger partial charge in [-0.05, 0) is 0 Å². The first-order chi connectivity index (χ1) is 13.0. The average Bonchev–Trinajstić information content (AvgIpc) is 3.05. The zero-order valence-corrected chi connectivity index (χ0v) is 15.7. The minimum Gasteiger partial charge on any atom is -0.387 e. The van der Waals surface area contributed by atoms with Gasteiger partial charge in [-0.25, -0.2) is 9.69 Å². The normalized spacial score (nSPS) is 24.3. The number of amidine groups is 1. The van der Waals surface area contributed by atoms with E-state index in [1.165, 1.54) is 11.9 Å². The van der Waals surface area contributed by atoms with E-state index in [9.17, 15) is 14.7 Å². The molecule has 2 fully saturated rings. The Balaban J connectivity index is 1.90. The molecule has 0 aliphatic carbocycles. The number of urea groups is 1. The number of ether oxygens (including phenoxy) is 2. The molecule has 10 nitrogen and oxygen atoms in total. The second-order valence-electron chi connectivity index (χ2n) is 6.64. The molecule has 0 aromatic rings. The van der Waals surface area contributed by atoms with Crippen molar-refractivity contribution in [2.75, 3.05) is 60.2 Å². The molecule has 1 N–H and O–H groups in total. The number of fused-ring (bicyclic) bond motifs is 1. The van der Waals surface area contributed by atoms with E-state index in [-0.39, 0.29) is 19.1 Å². The second-order valence-corrected chi connectivity index (χ2v) is 6.64. The molecule has 0 spiro atoms. The number of imide groups is 1. The topological polar surface area (TPSA) is 97.9 Å². The fourth-order valence-electron chi connectivity index (χ4n) is 3.36. The molecule has 10 heteroatoms. The molecule has 3 rings (SSSR count). The number of rotatable bonds is 6. The summed E-state index contributed by atoms with van der Waals surface area (Å²) in [5.41, 5.74) is 0. The van der Waals surface area contributed by atoms with Crippen molar-refractivity contribution in [3.05, 3.63) is 12.7 Å². The van der Waals surface area contributed by atoms with Crippen LogP contribution in [0.5, 0.6) is 0 Å². The molecule has 148 valence electrons. The Morgan fingerprint density at radius 3 is 2.74 bits per heavy atom. The first-order valence-corrected chi connectivity index (χ1v) is 8.92. The van der Waals surface area contributed by atoms with E-state index in [0.717, 1.165) is 4.90 Å². The molecule has 0 saturated carbocycles. The maximum Gasteiger partial charge on any atom is 0.392 e. The summed E-state index contributed by atoms with van der Waals surface area (Å²) in [6.45, 7) is 6.54. The Kier molecular flexibility index (Phi) is 5.88.